The molecule has 0 bridgehead atoms. The summed E-state index contributed by atoms with van der Waals surface area (Å²) >= 11 is 12.2. The molecule has 13 heteroatoms. The molecule has 11 nitrogen and oxygen atoms in total. The fraction of sp³-hybridized carbons (Fsp3) is 0.261. The number of anilines is 1. The van der Waals surface area contributed by atoms with Crippen LogP contribution in [0.4, 0.5) is 5.82 Å². The largest absolute Gasteiger partial charge is 0.387 e. The molecule has 0 saturated carbocycles. The lowest BCUT2D eigenvalue weighted by Crippen LogP contribution is -2.41. The Morgan fingerprint density at radius 3 is 2.72 bits per heavy atom. The number of aliphatic hydroxyl groups is 2. The zero-order valence-corrected chi connectivity index (χ0v) is 20.4. The molecule has 186 valence electrons. The normalized spacial score (nSPS) is 21.6. The highest BCUT2D eigenvalue weighted by Crippen LogP contribution is 2.34. The Labute approximate surface area is 215 Å². The van der Waals surface area contributed by atoms with Crippen LogP contribution in [0.2, 0.25) is 10.0 Å². The molecule has 4 aromatic rings. The van der Waals surface area contributed by atoms with Crippen LogP contribution in [-0.2, 0) is 16.1 Å². The minimum atomic E-state index is -1.44. The van der Waals surface area contributed by atoms with Crippen molar-refractivity contribution in [2.45, 2.75) is 31.1 Å². The second-order valence-corrected chi connectivity index (χ2v) is 9.01. The molecule has 0 unspecified atom stereocenters. The summed E-state index contributed by atoms with van der Waals surface area (Å²) in [5, 5.41) is 27.8. The number of hydrogen-bond donors (Lipinski definition) is 4. The van der Waals surface area contributed by atoms with E-state index < -0.39 is 30.4 Å². The van der Waals surface area contributed by atoms with Gasteiger partial charge in [0.2, 0.25) is 0 Å². The van der Waals surface area contributed by atoms with Crippen LogP contribution in [-0.4, -0.2) is 66.0 Å². The van der Waals surface area contributed by atoms with Crippen molar-refractivity contribution in [3.8, 4) is 11.4 Å². The van der Waals surface area contributed by atoms with Gasteiger partial charge in [0.25, 0.3) is 5.91 Å². The molecule has 0 aliphatic carbocycles. The zero-order valence-electron chi connectivity index (χ0n) is 18.8. The predicted molar refractivity (Wildman–Crippen MR) is 132 cm³/mol. The molecular weight excluding hydrogens is 509 g/mol. The van der Waals surface area contributed by atoms with E-state index in [1.165, 1.54) is 24.1 Å². The van der Waals surface area contributed by atoms with Gasteiger partial charge in [-0.05, 0) is 23.8 Å². The molecular formula is C23H21Cl2N7O4. The Hall–Kier alpha value is -3.35. The Morgan fingerprint density at radius 1 is 1.14 bits per heavy atom. The van der Waals surface area contributed by atoms with Gasteiger partial charge in [-0.25, -0.2) is 15.0 Å². The number of amides is 1. The summed E-state index contributed by atoms with van der Waals surface area (Å²) < 4.78 is 7.18. The molecule has 1 aliphatic heterocycles. The van der Waals surface area contributed by atoms with Gasteiger partial charge in [-0.2, -0.15) is 0 Å². The van der Waals surface area contributed by atoms with Crippen molar-refractivity contribution in [1.29, 1.82) is 0 Å². The van der Waals surface area contributed by atoms with Gasteiger partial charge in [0.05, 0.1) is 11.3 Å². The molecule has 0 radical (unpaired) electrons. The van der Waals surface area contributed by atoms with Gasteiger partial charge in [-0.1, -0.05) is 35.3 Å². The number of likely N-dealkylation sites (N-methyl/N-ethyl adjacent to an activating group) is 1. The van der Waals surface area contributed by atoms with Gasteiger partial charge in [-0.3, -0.25) is 14.3 Å². The third-order valence-electron chi connectivity index (χ3n) is 5.75. The third kappa shape index (κ3) is 4.59. The number of hydrogen-bond acceptors (Lipinski definition) is 9. The lowest BCUT2D eigenvalue weighted by Gasteiger charge is -2.17. The van der Waals surface area contributed by atoms with Crippen LogP contribution >= 0.6 is 23.2 Å². The number of carbonyl (C=O) groups excluding carboxylic acids is 1. The van der Waals surface area contributed by atoms with Crippen molar-refractivity contribution < 1.29 is 19.7 Å². The van der Waals surface area contributed by atoms with Crippen molar-refractivity contribution in [2.24, 2.45) is 0 Å². The summed E-state index contributed by atoms with van der Waals surface area (Å²) in [6, 6.07) is 9.05. The van der Waals surface area contributed by atoms with E-state index in [1.54, 1.807) is 18.3 Å². The van der Waals surface area contributed by atoms with Crippen LogP contribution in [0.5, 0.6) is 0 Å². The van der Waals surface area contributed by atoms with Gasteiger partial charge in [-0.15, -0.1) is 0 Å². The first-order valence-corrected chi connectivity index (χ1v) is 11.7. The number of benzene rings is 1. The molecule has 1 fully saturated rings. The number of pyridine rings is 1. The van der Waals surface area contributed by atoms with Crippen molar-refractivity contribution in [1.82, 2.24) is 29.8 Å². The summed E-state index contributed by atoms with van der Waals surface area (Å²) in [5.74, 6) is 0.144. The summed E-state index contributed by atoms with van der Waals surface area (Å²) in [6.07, 6.45) is -0.739. The van der Waals surface area contributed by atoms with E-state index in [2.05, 4.69) is 30.6 Å². The quantitative estimate of drug-likeness (QED) is 0.295. The third-order valence-corrected chi connectivity index (χ3v) is 6.19. The van der Waals surface area contributed by atoms with Gasteiger partial charge >= 0.3 is 0 Å². The van der Waals surface area contributed by atoms with Gasteiger partial charge < -0.3 is 25.6 Å². The number of ether oxygens (including phenoxy) is 1. The number of halogens is 2. The molecule has 1 aliphatic rings. The Morgan fingerprint density at radius 2 is 1.97 bits per heavy atom. The molecule has 1 amide bonds. The molecule has 3 aromatic heterocycles. The van der Waals surface area contributed by atoms with E-state index in [1.807, 2.05) is 18.2 Å². The number of aliphatic hydroxyl groups excluding tert-OH is 2. The van der Waals surface area contributed by atoms with Gasteiger partial charge in [0.15, 0.2) is 35.1 Å². The number of fused-ring (bicyclic) bond motifs is 1. The smallest absolute Gasteiger partial charge is 0.251 e. The maximum Gasteiger partial charge on any atom is 0.251 e. The Balaban J connectivity index is 1.58. The van der Waals surface area contributed by atoms with Crippen LogP contribution in [0.25, 0.3) is 22.6 Å². The van der Waals surface area contributed by atoms with Crippen molar-refractivity contribution in [3.05, 3.63) is 64.7 Å². The summed E-state index contributed by atoms with van der Waals surface area (Å²) in [6.45, 7) is 0.396. The van der Waals surface area contributed by atoms with Crippen LogP contribution in [0.3, 0.4) is 0 Å². The lowest BCUT2D eigenvalue weighted by atomic mass is 10.1. The number of nitrogens with zero attached hydrogens (tertiary/aromatic N) is 5. The molecule has 4 N–H and O–H groups in total. The molecule has 1 saturated heterocycles. The predicted octanol–water partition coefficient (Wildman–Crippen LogP) is 2.17. The Kier molecular flexibility index (Phi) is 6.73. The average molecular weight is 530 g/mol. The fourth-order valence-electron chi connectivity index (χ4n) is 3.97. The molecule has 5 rings (SSSR count). The number of rotatable bonds is 6. The number of aromatic nitrogens is 5. The van der Waals surface area contributed by atoms with Crippen LogP contribution < -0.4 is 10.6 Å². The number of nitrogens with one attached hydrogen (secondary N) is 2. The van der Waals surface area contributed by atoms with Crippen molar-refractivity contribution >= 4 is 46.1 Å². The number of carbonyl (C=O) groups is 1. The van der Waals surface area contributed by atoms with E-state index in [0.29, 0.717) is 45.0 Å². The standard InChI is InChI=1S/C23H21Cl2N7O4/c1-26-22(35)18-16(33)17(34)23(36-18)32-10-29-15-20(28-7-11-3-2-4-13(24)5-11)30-19(31-21(15)32)12-6-14(25)9-27-8-12/h2-6,8-10,16-18,23,33-34H,7H2,1H3,(H,26,35)(H,28,30,31)/t16-,17+,18-,23+/m0/s1. The highest BCUT2D eigenvalue weighted by molar-refractivity contribution is 6.31. The molecule has 4 heterocycles. The monoisotopic (exact) mass is 529 g/mol. The molecule has 4 atom stereocenters. The van der Waals surface area contributed by atoms with Gasteiger partial charge in [0, 0.05) is 36.6 Å². The zero-order chi connectivity index (χ0) is 25.4. The van der Waals surface area contributed by atoms with E-state index in [4.69, 9.17) is 27.9 Å². The molecule has 0 spiro atoms. The van der Waals surface area contributed by atoms with Crippen LogP contribution in [0, 0.1) is 0 Å². The van der Waals surface area contributed by atoms with Gasteiger partial charge in [0.1, 0.15) is 12.2 Å². The van der Waals surface area contributed by atoms with E-state index in [-0.39, 0.29) is 0 Å². The first kappa shape index (κ1) is 24.3. The van der Waals surface area contributed by atoms with E-state index >= 15 is 0 Å². The van der Waals surface area contributed by atoms with Crippen LogP contribution in [0.1, 0.15) is 11.8 Å². The lowest BCUT2D eigenvalue weighted by molar-refractivity contribution is -0.137. The van der Waals surface area contributed by atoms with Crippen LogP contribution in [0.15, 0.2) is 49.1 Å². The number of imidazole rings is 1. The fourth-order valence-corrected chi connectivity index (χ4v) is 4.36. The summed E-state index contributed by atoms with van der Waals surface area (Å²) in [4.78, 5) is 29.9. The van der Waals surface area contributed by atoms with Crippen molar-refractivity contribution in [2.75, 3.05) is 12.4 Å². The highest BCUT2D eigenvalue weighted by atomic mass is 35.5. The maximum atomic E-state index is 12.1. The van der Waals surface area contributed by atoms with Crippen molar-refractivity contribution in [3.63, 3.8) is 0 Å². The highest BCUT2D eigenvalue weighted by Gasteiger charge is 2.47. The first-order chi connectivity index (χ1) is 17.4. The summed E-state index contributed by atoms with van der Waals surface area (Å²) in [5.41, 5.74) is 2.18. The maximum absolute atomic E-state index is 12.1. The first-order valence-electron chi connectivity index (χ1n) is 10.9. The van der Waals surface area contributed by atoms with E-state index in [9.17, 15) is 15.0 Å². The molecule has 36 heavy (non-hydrogen) atoms. The second-order valence-electron chi connectivity index (χ2n) is 8.14. The molecule has 1 aromatic carbocycles. The topological polar surface area (TPSA) is 147 Å². The SMILES string of the molecule is CNC(=O)[C@H]1O[C@@H](n2cnc3c(NCc4cccc(Cl)c4)nc(-c4cncc(Cl)c4)nc32)[C@H](O)[C@@H]1O. The van der Waals surface area contributed by atoms with E-state index in [0.717, 1.165) is 5.56 Å². The second kappa shape index (κ2) is 9.96. The Bertz CT molecular complexity index is 1430. The minimum absolute atomic E-state index is 0.295. The summed E-state index contributed by atoms with van der Waals surface area (Å²) in [7, 11) is 1.42. The minimum Gasteiger partial charge on any atom is -0.387 e. The average Bonchev–Trinajstić information content (AvgIpc) is 3.43.